The van der Waals surface area contributed by atoms with Crippen LogP contribution in [-0.2, 0) is 0 Å². The fourth-order valence-corrected chi connectivity index (χ4v) is 2.08. The van der Waals surface area contributed by atoms with Crippen LogP contribution in [-0.4, -0.2) is 18.3 Å². The average molecular weight is 166 g/mol. The first-order valence-corrected chi connectivity index (χ1v) is 3.61. The smallest absolute Gasteiger partial charge is 0.113 e. The van der Waals surface area contributed by atoms with Crippen molar-refractivity contribution in [2.75, 3.05) is 6.54 Å². The van der Waals surface area contributed by atoms with Crippen LogP contribution < -0.4 is 5.32 Å². The molecule has 3 heteroatoms. The van der Waals surface area contributed by atoms with Gasteiger partial charge in [0.1, 0.15) is 5.67 Å². The van der Waals surface area contributed by atoms with Gasteiger partial charge in [-0.25, -0.2) is 4.39 Å². The van der Waals surface area contributed by atoms with Crippen molar-refractivity contribution >= 4 is 12.4 Å². The van der Waals surface area contributed by atoms with Crippen LogP contribution in [0.1, 0.15) is 19.8 Å². The molecule has 1 saturated carbocycles. The summed E-state index contributed by atoms with van der Waals surface area (Å²) in [5.74, 6) is 0.308. The Labute approximate surface area is 66.8 Å². The quantitative estimate of drug-likeness (QED) is 0.574. The highest BCUT2D eigenvalue weighted by Crippen LogP contribution is 2.42. The number of alkyl halides is 1. The lowest BCUT2D eigenvalue weighted by Crippen LogP contribution is -2.37. The second-order valence-electron chi connectivity index (χ2n) is 3.52. The minimum Gasteiger partial charge on any atom is -0.313 e. The van der Waals surface area contributed by atoms with Gasteiger partial charge in [-0.3, -0.25) is 0 Å². The van der Waals surface area contributed by atoms with Gasteiger partial charge >= 0.3 is 0 Å². The van der Waals surface area contributed by atoms with Crippen molar-refractivity contribution in [1.82, 2.24) is 5.32 Å². The fourth-order valence-electron chi connectivity index (χ4n) is 2.08. The summed E-state index contributed by atoms with van der Waals surface area (Å²) in [5.41, 5.74) is -0.851. The summed E-state index contributed by atoms with van der Waals surface area (Å²) in [6.45, 7) is 2.64. The van der Waals surface area contributed by atoms with Crippen LogP contribution in [0.15, 0.2) is 0 Å². The van der Waals surface area contributed by atoms with Crippen LogP contribution >= 0.6 is 12.4 Å². The van der Waals surface area contributed by atoms with Gasteiger partial charge < -0.3 is 5.32 Å². The van der Waals surface area contributed by atoms with E-state index >= 15 is 0 Å². The maximum atomic E-state index is 13.3. The largest absolute Gasteiger partial charge is 0.313 e. The lowest BCUT2D eigenvalue weighted by molar-refractivity contribution is 0.118. The third-order valence-electron chi connectivity index (χ3n) is 2.72. The number of rotatable bonds is 0. The third kappa shape index (κ3) is 1.04. The first kappa shape index (κ1) is 8.28. The number of hydrogen-bond donors (Lipinski definition) is 1. The maximum absolute atomic E-state index is 13.3. The highest BCUT2D eigenvalue weighted by Gasteiger charge is 2.48. The summed E-state index contributed by atoms with van der Waals surface area (Å²) in [4.78, 5) is 0. The molecule has 3 atom stereocenters. The van der Waals surface area contributed by atoms with Crippen LogP contribution in [0, 0.1) is 5.92 Å². The van der Waals surface area contributed by atoms with Crippen molar-refractivity contribution in [2.24, 2.45) is 5.92 Å². The van der Waals surface area contributed by atoms with E-state index in [1.54, 1.807) is 6.92 Å². The molecule has 10 heavy (non-hydrogen) atoms. The Kier molecular flexibility index (Phi) is 1.94. The summed E-state index contributed by atoms with van der Waals surface area (Å²) in [6.07, 6.45) is 1.80. The molecule has 2 fully saturated rings. The number of hydrogen-bond acceptors (Lipinski definition) is 1. The third-order valence-corrected chi connectivity index (χ3v) is 2.72. The number of fused-ring (bicyclic) bond motifs is 2. The molecular weight excluding hydrogens is 153 g/mol. The van der Waals surface area contributed by atoms with Gasteiger partial charge in [-0.1, -0.05) is 0 Å². The summed E-state index contributed by atoms with van der Waals surface area (Å²) in [5, 5.41) is 3.27. The van der Waals surface area contributed by atoms with Crippen molar-refractivity contribution in [2.45, 2.75) is 31.5 Å². The molecule has 1 aliphatic carbocycles. The van der Waals surface area contributed by atoms with E-state index in [2.05, 4.69) is 5.32 Å². The highest BCUT2D eigenvalue weighted by atomic mass is 35.5. The van der Waals surface area contributed by atoms with E-state index < -0.39 is 5.67 Å². The Balaban J connectivity index is 0.000000500. The summed E-state index contributed by atoms with van der Waals surface area (Å²) in [6, 6.07) is 0.491. The number of halogens is 2. The molecule has 2 bridgehead atoms. The molecule has 1 saturated heterocycles. The Morgan fingerprint density at radius 3 is 2.50 bits per heavy atom. The van der Waals surface area contributed by atoms with Crippen molar-refractivity contribution in [1.29, 1.82) is 0 Å². The van der Waals surface area contributed by atoms with Crippen LogP contribution in [0.5, 0.6) is 0 Å². The highest BCUT2D eigenvalue weighted by molar-refractivity contribution is 5.85. The molecule has 2 aliphatic rings. The molecule has 0 aromatic heterocycles. The van der Waals surface area contributed by atoms with E-state index in [1.807, 2.05) is 0 Å². The zero-order valence-electron chi connectivity index (χ0n) is 6.06. The molecule has 0 spiro atoms. The molecule has 2 rings (SSSR count). The molecule has 0 aromatic carbocycles. The van der Waals surface area contributed by atoms with Gasteiger partial charge in [0.2, 0.25) is 0 Å². The van der Waals surface area contributed by atoms with E-state index in [0.717, 1.165) is 19.4 Å². The lowest BCUT2D eigenvalue weighted by atomic mass is 9.94. The molecule has 1 aliphatic heterocycles. The first-order chi connectivity index (χ1) is 4.18. The second kappa shape index (κ2) is 2.35. The van der Waals surface area contributed by atoms with Crippen LogP contribution in [0.3, 0.4) is 0 Å². The molecule has 0 amide bonds. The van der Waals surface area contributed by atoms with E-state index in [-0.39, 0.29) is 12.4 Å². The van der Waals surface area contributed by atoms with Crippen molar-refractivity contribution in [3.05, 3.63) is 0 Å². The number of nitrogens with one attached hydrogen (secondary N) is 1. The van der Waals surface area contributed by atoms with Gasteiger partial charge in [0, 0.05) is 18.5 Å². The monoisotopic (exact) mass is 165 g/mol. The van der Waals surface area contributed by atoms with Gasteiger partial charge in [0.25, 0.3) is 0 Å². The van der Waals surface area contributed by atoms with E-state index in [4.69, 9.17) is 0 Å². The van der Waals surface area contributed by atoms with Crippen LogP contribution in [0.2, 0.25) is 0 Å². The molecule has 1 N–H and O–H groups in total. The predicted octanol–water partition coefficient (Wildman–Crippen LogP) is 1.52. The van der Waals surface area contributed by atoms with Crippen LogP contribution in [0.4, 0.5) is 4.39 Å². The van der Waals surface area contributed by atoms with Gasteiger partial charge in [-0.15, -0.1) is 12.4 Å². The van der Waals surface area contributed by atoms with E-state index in [0.29, 0.717) is 12.0 Å². The maximum Gasteiger partial charge on any atom is 0.113 e. The standard InChI is InChI=1S/C7H12FN.ClH/c1-7(8)3-6-2-5(7)4-9-6;/h5-6,9H,2-4H2,1H3;1H. The molecule has 1 nitrogen and oxygen atoms in total. The van der Waals surface area contributed by atoms with Crippen molar-refractivity contribution < 1.29 is 4.39 Å². The Morgan fingerprint density at radius 1 is 1.60 bits per heavy atom. The average Bonchev–Trinajstić information content (AvgIpc) is 2.19. The molecule has 0 radical (unpaired) electrons. The van der Waals surface area contributed by atoms with E-state index in [1.165, 1.54) is 0 Å². The Bertz CT molecular complexity index is 138. The van der Waals surface area contributed by atoms with Gasteiger partial charge in [-0.2, -0.15) is 0 Å². The molecule has 0 aromatic rings. The van der Waals surface area contributed by atoms with Crippen LogP contribution in [0.25, 0.3) is 0 Å². The zero-order chi connectivity index (χ0) is 6.48. The lowest BCUT2D eigenvalue weighted by Gasteiger charge is -2.25. The topological polar surface area (TPSA) is 12.0 Å². The Morgan fingerprint density at radius 2 is 2.30 bits per heavy atom. The van der Waals surface area contributed by atoms with Gasteiger partial charge in [0.05, 0.1) is 0 Å². The van der Waals surface area contributed by atoms with Gasteiger partial charge in [-0.05, 0) is 19.8 Å². The second-order valence-corrected chi connectivity index (χ2v) is 3.52. The van der Waals surface area contributed by atoms with Crippen molar-refractivity contribution in [3.63, 3.8) is 0 Å². The SMILES string of the molecule is CC1(F)CC2CC1CN2.Cl. The Hall–Kier alpha value is 0.180. The number of piperidine rings is 1. The molecular formula is C7H13ClFN. The summed E-state index contributed by atoms with van der Waals surface area (Å²) >= 11 is 0. The normalized spacial score (nSPS) is 51.0. The fraction of sp³-hybridized carbons (Fsp3) is 1.00. The minimum absolute atomic E-state index is 0. The summed E-state index contributed by atoms with van der Waals surface area (Å²) in [7, 11) is 0. The van der Waals surface area contributed by atoms with E-state index in [9.17, 15) is 4.39 Å². The predicted molar refractivity (Wildman–Crippen MR) is 41.3 cm³/mol. The van der Waals surface area contributed by atoms with Gasteiger partial charge in [0.15, 0.2) is 0 Å². The zero-order valence-corrected chi connectivity index (χ0v) is 6.88. The summed E-state index contributed by atoms with van der Waals surface area (Å²) < 4.78 is 13.3. The molecule has 1 heterocycles. The van der Waals surface area contributed by atoms with Crippen molar-refractivity contribution in [3.8, 4) is 0 Å². The molecule has 60 valence electrons. The molecule has 3 unspecified atom stereocenters. The minimum atomic E-state index is -0.851. The first-order valence-electron chi connectivity index (χ1n) is 3.61.